The van der Waals surface area contributed by atoms with Gasteiger partial charge >= 0.3 is 0 Å². The lowest BCUT2D eigenvalue weighted by Crippen LogP contribution is -2.02. The third kappa shape index (κ3) is 2.59. The van der Waals surface area contributed by atoms with E-state index in [4.69, 9.17) is 15.7 Å². The van der Waals surface area contributed by atoms with E-state index >= 15 is 0 Å². The van der Waals surface area contributed by atoms with Gasteiger partial charge in [-0.2, -0.15) is 5.26 Å². The summed E-state index contributed by atoms with van der Waals surface area (Å²) in [6, 6.07) is 8.23. The van der Waals surface area contributed by atoms with Gasteiger partial charge in [0.1, 0.15) is 18.5 Å². The zero-order chi connectivity index (χ0) is 14.7. The van der Waals surface area contributed by atoms with Gasteiger partial charge in [0.05, 0.1) is 0 Å². The van der Waals surface area contributed by atoms with E-state index in [1.165, 1.54) is 5.56 Å². The summed E-state index contributed by atoms with van der Waals surface area (Å²) >= 11 is 0. The van der Waals surface area contributed by atoms with E-state index in [1.807, 2.05) is 26.8 Å². The molecular weight excluding hydrogens is 252 g/mol. The van der Waals surface area contributed by atoms with Crippen molar-refractivity contribution in [3.8, 4) is 11.9 Å². The van der Waals surface area contributed by atoms with Gasteiger partial charge in [-0.1, -0.05) is 23.8 Å². The standard InChI is InChI=1S/C15H18N4O/c1-4-19-14(17)13(8-16)15(18-19)20-9-12-7-10(2)5-6-11(12)3/h5-7H,4,9,17H2,1-3H3. The summed E-state index contributed by atoms with van der Waals surface area (Å²) in [6.45, 7) is 6.96. The van der Waals surface area contributed by atoms with E-state index in [9.17, 15) is 0 Å². The number of anilines is 1. The lowest BCUT2D eigenvalue weighted by Gasteiger charge is -2.07. The highest BCUT2D eigenvalue weighted by atomic mass is 16.5. The third-order valence-corrected chi connectivity index (χ3v) is 3.24. The number of nitrogens with zero attached hydrogens (tertiary/aromatic N) is 3. The van der Waals surface area contributed by atoms with E-state index < -0.39 is 0 Å². The molecule has 0 saturated carbocycles. The van der Waals surface area contributed by atoms with Crippen LogP contribution in [0.15, 0.2) is 18.2 Å². The first-order valence-electron chi connectivity index (χ1n) is 6.52. The predicted octanol–water partition coefficient (Wildman–Crippen LogP) is 2.55. The Hall–Kier alpha value is -2.48. The maximum atomic E-state index is 9.14. The normalized spacial score (nSPS) is 10.3. The van der Waals surface area contributed by atoms with Gasteiger partial charge in [-0.15, -0.1) is 5.10 Å². The molecule has 0 atom stereocenters. The molecule has 2 rings (SSSR count). The second-order valence-electron chi connectivity index (χ2n) is 4.71. The predicted molar refractivity (Wildman–Crippen MR) is 77.3 cm³/mol. The van der Waals surface area contributed by atoms with Crippen molar-refractivity contribution in [2.75, 3.05) is 5.73 Å². The van der Waals surface area contributed by atoms with E-state index in [0.29, 0.717) is 30.4 Å². The molecule has 0 spiro atoms. The molecule has 1 heterocycles. The van der Waals surface area contributed by atoms with Gasteiger partial charge in [-0.25, -0.2) is 4.68 Å². The Morgan fingerprint density at radius 2 is 2.15 bits per heavy atom. The molecule has 5 heteroatoms. The highest BCUT2D eigenvalue weighted by Gasteiger charge is 2.16. The summed E-state index contributed by atoms with van der Waals surface area (Å²) in [6.07, 6.45) is 0. The third-order valence-electron chi connectivity index (χ3n) is 3.24. The average molecular weight is 270 g/mol. The summed E-state index contributed by atoms with van der Waals surface area (Å²) in [5, 5.41) is 13.4. The van der Waals surface area contributed by atoms with Crippen LogP contribution in [0.1, 0.15) is 29.2 Å². The largest absolute Gasteiger partial charge is 0.471 e. The molecule has 0 aliphatic heterocycles. The SMILES string of the molecule is CCn1nc(OCc2cc(C)ccc2C)c(C#N)c1N. The van der Waals surface area contributed by atoms with Crippen molar-refractivity contribution in [1.29, 1.82) is 5.26 Å². The zero-order valence-electron chi connectivity index (χ0n) is 12.0. The van der Waals surface area contributed by atoms with Crippen LogP contribution in [-0.2, 0) is 13.2 Å². The van der Waals surface area contributed by atoms with Crippen molar-refractivity contribution in [3.63, 3.8) is 0 Å². The van der Waals surface area contributed by atoms with Crippen LogP contribution < -0.4 is 10.5 Å². The molecule has 0 aliphatic rings. The number of nitrogens with two attached hydrogens (primary N) is 1. The maximum absolute atomic E-state index is 9.14. The monoisotopic (exact) mass is 270 g/mol. The van der Waals surface area contributed by atoms with E-state index in [0.717, 1.165) is 11.1 Å². The van der Waals surface area contributed by atoms with Crippen LogP contribution in [0, 0.1) is 25.2 Å². The molecule has 1 aromatic heterocycles. The van der Waals surface area contributed by atoms with Gasteiger partial charge < -0.3 is 10.5 Å². The van der Waals surface area contributed by atoms with Crippen molar-refractivity contribution in [2.45, 2.75) is 33.9 Å². The van der Waals surface area contributed by atoms with Crippen molar-refractivity contribution >= 4 is 5.82 Å². The number of ether oxygens (including phenoxy) is 1. The molecule has 2 aromatic rings. The molecule has 5 nitrogen and oxygen atoms in total. The Labute approximate surface area is 118 Å². The lowest BCUT2D eigenvalue weighted by molar-refractivity contribution is 0.288. The number of hydrogen-bond acceptors (Lipinski definition) is 4. The number of aromatic nitrogens is 2. The number of benzene rings is 1. The number of hydrogen-bond donors (Lipinski definition) is 1. The molecule has 0 bridgehead atoms. The lowest BCUT2D eigenvalue weighted by atomic mass is 10.1. The minimum Gasteiger partial charge on any atom is -0.471 e. The van der Waals surface area contributed by atoms with E-state index in [-0.39, 0.29) is 0 Å². The molecule has 0 aliphatic carbocycles. The molecular formula is C15H18N4O. The smallest absolute Gasteiger partial charge is 0.253 e. The molecule has 0 amide bonds. The molecule has 0 radical (unpaired) electrons. The Morgan fingerprint density at radius 3 is 2.80 bits per heavy atom. The molecule has 2 N–H and O–H groups in total. The van der Waals surface area contributed by atoms with Crippen LogP contribution in [0.2, 0.25) is 0 Å². The van der Waals surface area contributed by atoms with Crippen LogP contribution >= 0.6 is 0 Å². The van der Waals surface area contributed by atoms with Crippen molar-refractivity contribution < 1.29 is 4.74 Å². The Balaban J connectivity index is 2.23. The van der Waals surface area contributed by atoms with E-state index in [2.05, 4.69) is 23.3 Å². The highest BCUT2D eigenvalue weighted by Crippen LogP contribution is 2.24. The second kappa shape index (κ2) is 5.66. The average Bonchev–Trinajstić information content (AvgIpc) is 2.75. The first kappa shape index (κ1) is 13.9. The van der Waals surface area contributed by atoms with Crippen LogP contribution in [-0.4, -0.2) is 9.78 Å². The minimum atomic E-state index is 0.299. The summed E-state index contributed by atoms with van der Waals surface area (Å²) in [7, 11) is 0. The molecule has 0 unspecified atom stereocenters. The van der Waals surface area contributed by atoms with Crippen LogP contribution in [0.3, 0.4) is 0 Å². The fourth-order valence-corrected chi connectivity index (χ4v) is 2.00. The zero-order valence-corrected chi connectivity index (χ0v) is 12.0. The molecule has 1 aromatic carbocycles. The number of aryl methyl sites for hydroxylation is 3. The Kier molecular flexibility index (Phi) is 3.94. The van der Waals surface area contributed by atoms with Crippen molar-refractivity contribution in [1.82, 2.24) is 9.78 Å². The van der Waals surface area contributed by atoms with E-state index in [1.54, 1.807) is 4.68 Å². The van der Waals surface area contributed by atoms with Gasteiger partial charge in [0.2, 0.25) is 0 Å². The molecule has 104 valence electrons. The van der Waals surface area contributed by atoms with Gasteiger partial charge in [-0.3, -0.25) is 0 Å². The quantitative estimate of drug-likeness (QED) is 0.926. The topological polar surface area (TPSA) is 76.9 Å². The number of nitrogen functional groups attached to an aromatic ring is 1. The maximum Gasteiger partial charge on any atom is 0.253 e. The Morgan fingerprint density at radius 1 is 1.40 bits per heavy atom. The fraction of sp³-hybridized carbons (Fsp3) is 0.333. The van der Waals surface area contributed by atoms with Crippen molar-refractivity contribution in [2.24, 2.45) is 0 Å². The van der Waals surface area contributed by atoms with Gasteiger partial charge in [0, 0.05) is 6.54 Å². The fourth-order valence-electron chi connectivity index (χ4n) is 2.00. The van der Waals surface area contributed by atoms with Crippen LogP contribution in [0.25, 0.3) is 0 Å². The second-order valence-corrected chi connectivity index (χ2v) is 4.71. The first-order valence-corrected chi connectivity index (χ1v) is 6.52. The molecule has 0 saturated heterocycles. The minimum absolute atomic E-state index is 0.299. The summed E-state index contributed by atoms with van der Waals surface area (Å²) in [4.78, 5) is 0. The van der Waals surface area contributed by atoms with Gasteiger partial charge in [-0.05, 0) is 31.9 Å². The van der Waals surface area contributed by atoms with Gasteiger partial charge in [0.15, 0.2) is 5.56 Å². The number of nitriles is 1. The highest BCUT2D eigenvalue weighted by molar-refractivity contribution is 5.55. The molecule has 20 heavy (non-hydrogen) atoms. The summed E-state index contributed by atoms with van der Waals surface area (Å²) < 4.78 is 7.25. The van der Waals surface area contributed by atoms with Gasteiger partial charge in [0.25, 0.3) is 5.88 Å². The number of rotatable bonds is 4. The van der Waals surface area contributed by atoms with Crippen LogP contribution in [0.4, 0.5) is 5.82 Å². The molecule has 0 fully saturated rings. The van der Waals surface area contributed by atoms with Crippen LogP contribution in [0.5, 0.6) is 5.88 Å². The summed E-state index contributed by atoms with van der Waals surface area (Å²) in [5.41, 5.74) is 9.56. The first-order chi connectivity index (χ1) is 9.56. The summed E-state index contributed by atoms with van der Waals surface area (Å²) in [5.74, 6) is 0.652. The Bertz CT molecular complexity index is 667. The van der Waals surface area contributed by atoms with Crippen molar-refractivity contribution in [3.05, 3.63) is 40.5 Å².